The third-order valence-electron chi connectivity index (χ3n) is 3.15. The zero-order valence-electron chi connectivity index (χ0n) is 12.1. The number of nitrogens with zero attached hydrogens (tertiary/aromatic N) is 4. The number of hydrogen-bond acceptors (Lipinski definition) is 6. The van der Waals surface area contributed by atoms with Gasteiger partial charge in [-0.25, -0.2) is 8.42 Å². The largest absolute Gasteiger partial charge is 0.507 e. The molecule has 9 heteroatoms. The van der Waals surface area contributed by atoms with E-state index in [1.54, 1.807) is 37.3 Å². The van der Waals surface area contributed by atoms with Crippen LogP contribution in [0.3, 0.4) is 0 Å². The van der Waals surface area contributed by atoms with Crippen LogP contribution in [0.2, 0.25) is 0 Å². The molecule has 3 rings (SSSR count). The third kappa shape index (κ3) is 2.99. The zero-order valence-corrected chi connectivity index (χ0v) is 12.9. The Bertz CT molecular complexity index is 939. The Morgan fingerprint density at radius 1 is 1.17 bits per heavy atom. The Kier molecular flexibility index (Phi) is 3.70. The number of tetrazole rings is 1. The molecule has 1 aromatic heterocycles. The lowest BCUT2D eigenvalue weighted by atomic mass is 10.2. The summed E-state index contributed by atoms with van der Waals surface area (Å²) in [5.41, 5.74) is 1.48. The third-order valence-corrected chi connectivity index (χ3v) is 4.54. The molecule has 2 N–H and O–H groups in total. The highest BCUT2D eigenvalue weighted by Crippen LogP contribution is 2.27. The van der Waals surface area contributed by atoms with Gasteiger partial charge in [-0.2, -0.15) is 4.68 Å². The lowest BCUT2D eigenvalue weighted by Gasteiger charge is -2.13. The number of para-hydroxylation sites is 2. The van der Waals surface area contributed by atoms with Gasteiger partial charge in [-0.1, -0.05) is 18.2 Å². The number of hydrogen-bond donors (Lipinski definition) is 2. The fourth-order valence-electron chi connectivity index (χ4n) is 2.07. The second-order valence-electron chi connectivity index (χ2n) is 4.85. The van der Waals surface area contributed by atoms with Gasteiger partial charge in [0, 0.05) is 0 Å². The molecule has 0 bridgehead atoms. The number of phenols is 1. The summed E-state index contributed by atoms with van der Waals surface area (Å²) in [5.74, 6) is -0.317. The van der Waals surface area contributed by atoms with Gasteiger partial charge < -0.3 is 5.11 Å². The molecule has 0 radical (unpaired) electrons. The summed E-state index contributed by atoms with van der Waals surface area (Å²) in [7, 11) is -3.96. The van der Waals surface area contributed by atoms with E-state index in [2.05, 4.69) is 20.2 Å². The van der Waals surface area contributed by atoms with E-state index in [-0.39, 0.29) is 10.6 Å². The molecule has 0 amide bonds. The van der Waals surface area contributed by atoms with E-state index in [4.69, 9.17) is 0 Å². The Hall–Kier alpha value is -2.94. The molecule has 1 heterocycles. The van der Waals surface area contributed by atoms with Gasteiger partial charge >= 0.3 is 0 Å². The Morgan fingerprint density at radius 2 is 1.96 bits per heavy atom. The van der Waals surface area contributed by atoms with Crippen molar-refractivity contribution in [1.82, 2.24) is 20.2 Å². The maximum absolute atomic E-state index is 12.6. The number of sulfonamides is 1. The first-order valence-electron chi connectivity index (χ1n) is 6.62. The summed E-state index contributed by atoms with van der Waals surface area (Å²) in [6.07, 6.45) is 1.36. The van der Waals surface area contributed by atoms with Crippen molar-refractivity contribution in [2.45, 2.75) is 11.8 Å². The Balaban J connectivity index is 2.04. The average molecular weight is 331 g/mol. The first-order valence-corrected chi connectivity index (χ1v) is 8.10. The summed E-state index contributed by atoms with van der Waals surface area (Å²) >= 11 is 0. The van der Waals surface area contributed by atoms with Crippen LogP contribution in [0.15, 0.2) is 53.7 Å². The molecular weight excluding hydrogens is 318 g/mol. The predicted octanol–water partition coefficient (Wildman–Crippen LogP) is 1.48. The van der Waals surface area contributed by atoms with Crippen LogP contribution in [-0.2, 0) is 10.0 Å². The number of nitrogens with one attached hydrogen (secondary N) is 1. The number of anilines is 1. The van der Waals surface area contributed by atoms with Gasteiger partial charge in [-0.3, -0.25) is 4.72 Å². The molecule has 2 aromatic carbocycles. The number of aromatic nitrogens is 4. The van der Waals surface area contributed by atoms with Gasteiger partial charge in [0.2, 0.25) is 0 Å². The minimum Gasteiger partial charge on any atom is -0.507 e. The second-order valence-corrected chi connectivity index (χ2v) is 6.50. The SMILES string of the molecule is Cc1ccc(O)c(S(=O)(=O)Nc2ccccc2-n2cnnn2)c1. The molecular formula is C14H13N5O3S. The van der Waals surface area contributed by atoms with Gasteiger partial charge in [0.1, 0.15) is 17.0 Å². The minimum atomic E-state index is -3.96. The van der Waals surface area contributed by atoms with Gasteiger partial charge in [-0.05, 0) is 47.2 Å². The maximum atomic E-state index is 12.6. The molecule has 3 aromatic rings. The Morgan fingerprint density at radius 3 is 2.70 bits per heavy atom. The first-order chi connectivity index (χ1) is 11.0. The van der Waals surface area contributed by atoms with Crippen molar-refractivity contribution < 1.29 is 13.5 Å². The van der Waals surface area contributed by atoms with Crippen LogP contribution in [0.5, 0.6) is 5.75 Å². The van der Waals surface area contributed by atoms with E-state index >= 15 is 0 Å². The van der Waals surface area contributed by atoms with Crippen LogP contribution in [0.1, 0.15) is 5.56 Å². The molecule has 23 heavy (non-hydrogen) atoms. The molecule has 0 saturated heterocycles. The van der Waals surface area contributed by atoms with Crippen LogP contribution in [0.25, 0.3) is 5.69 Å². The van der Waals surface area contributed by atoms with Crippen molar-refractivity contribution in [3.05, 3.63) is 54.4 Å². The summed E-state index contributed by atoms with van der Waals surface area (Å²) in [4.78, 5) is -0.191. The maximum Gasteiger partial charge on any atom is 0.265 e. The topological polar surface area (TPSA) is 110 Å². The van der Waals surface area contributed by atoms with Crippen molar-refractivity contribution >= 4 is 15.7 Å². The van der Waals surface area contributed by atoms with Gasteiger partial charge in [0.15, 0.2) is 0 Å². The van der Waals surface area contributed by atoms with Crippen molar-refractivity contribution in [3.8, 4) is 11.4 Å². The van der Waals surface area contributed by atoms with Crippen LogP contribution in [-0.4, -0.2) is 33.7 Å². The number of rotatable bonds is 4. The molecule has 0 aliphatic heterocycles. The van der Waals surface area contributed by atoms with E-state index in [0.717, 1.165) is 5.56 Å². The van der Waals surface area contributed by atoms with E-state index in [0.29, 0.717) is 11.4 Å². The highest BCUT2D eigenvalue weighted by Gasteiger charge is 2.20. The van der Waals surface area contributed by atoms with Gasteiger partial charge in [0.25, 0.3) is 10.0 Å². The molecule has 0 atom stereocenters. The van der Waals surface area contributed by atoms with Crippen LogP contribution in [0, 0.1) is 6.92 Å². The number of benzene rings is 2. The normalized spacial score (nSPS) is 11.3. The quantitative estimate of drug-likeness (QED) is 0.749. The predicted molar refractivity (Wildman–Crippen MR) is 82.8 cm³/mol. The van der Waals surface area contributed by atoms with E-state index in [9.17, 15) is 13.5 Å². The fraction of sp³-hybridized carbons (Fsp3) is 0.0714. The number of aromatic hydroxyl groups is 1. The van der Waals surface area contributed by atoms with Crippen molar-refractivity contribution in [3.63, 3.8) is 0 Å². The summed E-state index contributed by atoms with van der Waals surface area (Å²) < 4.78 is 28.9. The smallest absolute Gasteiger partial charge is 0.265 e. The van der Waals surface area contributed by atoms with Crippen LogP contribution >= 0.6 is 0 Å². The van der Waals surface area contributed by atoms with E-state index in [1.807, 2.05) is 0 Å². The highest BCUT2D eigenvalue weighted by atomic mass is 32.2. The Labute approximate surface area is 132 Å². The standard InChI is InChI=1S/C14H13N5O3S/c1-10-6-7-13(20)14(8-10)23(21,22)16-11-4-2-3-5-12(11)19-9-15-17-18-19/h2-9,16,20H,1H3. The molecule has 0 aliphatic carbocycles. The van der Waals surface area contributed by atoms with Crippen LogP contribution < -0.4 is 4.72 Å². The molecule has 0 unspecified atom stereocenters. The molecule has 0 aliphatic rings. The van der Waals surface area contributed by atoms with E-state index < -0.39 is 10.0 Å². The lowest BCUT2D eigenvalue weighted by molar-refractivity contribution is 0.459. The molecule has 0 fully saturated rings. The summed E-state index contributed by atoms with van der Waals surface area (Å²) in [6, 6.07) is 11.0. The molecule has 0 saturated carbocycles. The number of aryl methyl sites for hydroxylation is 1. The minimum absolute atomic E-state index is 0.191. The fourth-order valence-corrected chi connectivity index (χ4v) is 3.32. The zero-order chi connectivity index (χ0) is 16.4. The molecule has 8 nitrogen and oxygen atoms in total. The first kappa shape index (κ1) is 15.0. The molecule has 0 spiro atoms. The average Bonchev–Trinajstić information content (AvgIpc) is 3.04. The lowest BCUT2D eigenvalue weighted by Crippen LogP contribution is -2.15. The molecule has 118 valence electrons. The summed E-state index contributed by atoms with van der Waals surface area (Å²) in [6.45, 7) is 1.74. The van der Waals surface area contributed by atoms with Crippen molar-refractivity contribution in [1.29, 1.82) is 0 Å². The van der Waals surface area contributed by atoms with Gasteiger partial charge in [0.05, 0.1) is 11.4 Å². The van der Waals surface area contributed by atoms with E-state index in [1.165, 1.54) is 23.1 Å². The monoisotopic (exact) mass is 331 g/mol. The summed E-state index contributed by atoms with van der Waals surface area (Å²) in [5, 5.41) is 20.7. The van der Waals surface area contributed by atoms with Gasteiger partial charge in [-0.15, -0.1) is 5.10 Å². The van der Waals surface area contributed by atoms with Crippen molar-refractivity contribution in [2.75, 3.05) is 4.72 Å². The second kappa shape index (κ2) is 5.69. The van der Waals surface area contributed by atoms with Crippen LogP contribution in [0.4, 0.5) is 5.69 Å². The number of phenolic OH excluding ortho intramolecular Hbond substituents is 1. The van der Waals surface area contributed by atoms with Crippen molar-refractivity contribution in [2.24, 2.45) is 0 Å². The highest BCUT2D eigenvalue weighted by molar-refractivity contribution is 7.92.